The summed E-state index contributed by atoms with van der Waals surface area (Å²) in [5.41, 5.74) is 4.16. The van der Waals surface area contributed by atoms with Gasteiger partial charge in [-0.05, 0) is 42.0 Å². The molecule has 0 saturated carbocycles. The number of hydrogen-bond donors (Lipinski definition) is 3. The van der Waals surface area contributed by atoms with Crippen molar-refractivity contribution in [3.63, 3.8) is 0 Å². The molecule has 0 heterocycles. The first-order valence-corrected chi connectivity index (χ1v) is 8.70. The number of rotatable bonds is 7. The number of aromatic hydroxyl groups is 1. The molecule has 3 N–H and O–H groups in total. The Morgan fingerprint density at radius 3 is 2.38 bits per heavy atom. The van der Waals surface area contributed by atoms with Gasteiger partial charge in [-0.3, -0.25) is 4.79 Å². The standard InChI is InChI=1S/C22H18N2O5/c25-19-7-3-2-6-18(19)21(26)24-23-13-17-5-1-4-8-20(17)29-14-15-9-11-16(12-10-15)22(27)28/h1-13,25H,14H2,(H,24,26)(H,27,28)/b23-13+. The lowest BCUT2D eigenvalue weighted by Crippen LogP contribution is -2.17. The maximum Gasteiger partial charge on any atom is 0.335 e. The maximum absolute atomic E-state index is 12.1. The van der Waals surface area contributed by atoms with Crippen LogP contribution in [0.5, 0.6) is 11.5 Å². The number of phenolic OH excluding ortho intramolecular Hbond substituents is 1. The van der Waals surface area contributed by atoms with Crippen molar-refractivity contribution in [1.82, 2.24) is 5.43 Å². The fourth-order valence-electron chi connectivity index (χ4n) is 2.51. The molecular weight excluding hydrogens is 372 g/mol. The average molecular weight is 390 g/mol. The van der Waals surface area contributed by atoms with Gasteiger partial charge < -0.3 is 14.9 Å². The molecule has 0 saturated heterocycles. The number of nitrogens with one attached hydrogen (secondary N) is 1. The smallest absolute Gasteiger partial charge is 0.335 e. The molecule has 0 aromatic heterocycles. The third kappa shape index (κ3) is 5.20. The van der Waals surface area contributed by atoms with Crippen molar-refractivity contribution in [2.75, 3.05) is 0 Å². The van der Waals surface area contributed by atoms with Gasteiger partial charge in [0.15, 0.2) is 0 Å². The molecule has 1 amide bonds. The summed E-state index contributed by atoms with van der Waals surface area (Å²) in [6, 6.07) is 19.7. The molecule has 0 aliphatic heterocycles. The van der Waals surface area contributed by atoms with E-state index in [0.717, 1.165) is 5.56 Å². The summed E-state index contributed by atoms with van der Waals surface area (Å²) in [7, 11) is 0. The molecule has 29 heavy (non-hydrogen) atoms. The van der Waals surface area contributed by atoms with Gasteiger partial charge in [-0.1, -0.05) is 36.4 Å². The van der Waals surface area contributed by atoms with Gasteiger partial charge in [-0.15, -0.1) is 0 Å². The van der Waals surface area contributed by atoms with Crippen molar-refractivity contribution < 1.29 is 24.5 Å². The molecule has 0 radical (unpaired) electrons. The molecule has 0 atom stereocenters. The van der Waals surface area contributed by atoms with Crippen molar-refractivity contribution in [2.24, 2.45) is 5.10 Å². The summed E-state index contributed by atoms with van der Waals surface area (Å²) >= 11 is 0. The van der Waals surface area contributed by atoms with Crippen molar-refractivity contribution >= 4 is 18.1 Å². The quantitative estimate of drug-likeness (QED) is 0.423. The number of carbonyl (C=O) groups excluding carboxylic acids is 1. The van der Waals surface area contributed by atoms with E-state index >= 15 is 0 Å². The van der Waals surface area contributed by atoms with Gasteiger partial charge in [0.2, 0.25) is 0 Å². The number of nitrogens with zero attached hydrogens (tertiary/aromatic N) is 1. The first-order valence-electron chi connectivity index (χ1n) is 8.70. The lowest BCUT2D eigenvalue weighted by molar-refractivity contribution is 0.0696. The molecule has 3 aromatic carbocycles. The Morgan fingerprint density at radius 1 is 0.966 bits per heavy atom. The third-order valence-corrected chi connectivity index (χ3v) is 4.03. The summed E-state index contributed by atoms with van der Waals surface area (Å²) in [4.78, 5) is 23.0. The number of aromatic carboxylic acids is 1. The van der Waals surface area contributed by atoms with E-state index < -0.39 is 11.9 Å². The molecule has 0 aliphatic rings. The molecule has 0 fully saturated rings. The van der Waals surface area contributed by atoms with Gasteiger partial charge in [0, 0.05) is 5.56 Å². The third-order valence-electron chi connectivity index (χ3n) is 4.03. The van der Waals surface area contributed by atoms with Crippen molar-refractivity contribution in [3.05, 3.63) is 95.1 Å². The largest absolute Gasteiger partial charge is 0.507 e. The minimum Gasteiger partial charge on any atom is -0.507 e. The van der Waals surface area contributed by atoms with Gasteiger partial charge >= 0.3 is 5.97 Å². The number of benzene rings is 3. The van der Waals surface area contributed by atoms with E-state index in [1.807, 2.05) is 0 Å². The number of amides is 1. The molecular formula is C22H18N2O5. The van der Waals surface area contributed by atoms with E-state index in [1.165, 1.54) is 30.5 Å². The highest BCUT2D eigenvalue weighted by molar-refractivity contribution is 5.97. The number of carboxylic acids is 1. The first-order chi connectivity index (χ1) is 14.0. The summed E-state index contributed by atoms with van der Waals surface area (Å²) < 4.78 is 5.79. The fraction of sp³-hybridized carbons (Fsp3) is 0.0455. The Hall–Kier alpha value is -4.13. The van der Waals surface area contributed by atoms with Crippen LogP contribution in [0, 0.1) is 0 Å². The van der Waals surface area contributed by atoms with Gasteiger partial charge in [-0.25, -0.2) is 10.2 Å². The number of hydrogen-bond acceptors (Lipinski definition) is 5. The highest BCUT2D eigenvalue weighted by Gasteiger charge is 2.09. The van der Waals surface area contributed by atoms with Gasteiger partial charge in [0.25, 0.3) is 5.91 Å². The Bertz CT molecular complexity index is 1050. The molecule has 0 aliphatic carbocycles. The van der Waals surface area contributed by atoms with Crippen LogP contribution in [0.25, 0.3) is 0 Å². The highest BCUT2D eigenvalue weighted by Crippen LogP contribution is 2.18. The van der Waals surface area contributed by atoms with Crippen molar-refractivity contribution in [2.45, 2.75) is 6.61 Å². The zero-order chi connectivity index (χ0) is 20.6. The monoisotopic (exact) mass is 390 g/mol. The SMILES string of the molecule is O=C(O)c1ccc(COc2ccccc2/C=N/NC(=O)c2ccccc2O)cc1. The Labute approximate surface area is 166 Å². The van der Waals surface area contributed by atoms with Crippen LogP contribution in [0.4, 0.5) is 0 Å². The van der Waals surface area contributed by atoms with Crippen LogP contribution in [0.2, 0.25) is 0 Å². The molecule has 3 rings (SSSR count). The van der Waals surface area contributed by atoms with Crippen LogP contribution in [0.15, 0.2) is 77.9 Å². The van der Waals surface area contributed by atoms with Crippen molar-refractivity contribution in [3.8, 4) is 11.5 Å². The Morgan fingerprint density at radius 2 is 1.66 bits per heavy atom. The van der Waals surface area contributed by atoms with Gasteiger partial charge in [0.1, 0.15) is 18.1 Å². The van der Waals surface area contributed by atoms with Gasteiger partial charge in [0.05, 0.1) is 17.3 Å². The Kier molecular flexibility index (Phi) is 6.22. The van der Waals surface area contributed by atoms with Crippen LogP contribution in [0.1, 0.15) is 31.8 Å². The van der Waals surface area contributed by atoms with Crippen LogP contribution in [0.3, 0.4) is 0 Å². The second-order valence-electron chi connectivity index (χ2n) is 6.04. The van der Waals surface area contributed by atoms with E-state index in [2.05, 4.69) is 10.5 Å². The van der Waals surface area contributed by atoms with Crippen molar-refractivity contribution in [1.29, 1.82) is 0 Å². The normalized spacial score (nSPS) is 10.6. The predicted molar refractivity (Wildman–Crippen MR) is 107 cm³/mol. The fourth-order valence-corrected chi connectivity index (χ4v) is 2.51. The van der Waals surface area contributed by atoms with E-state index in [0.29, 0.717) is 11.3 Å². The highest BCUT2D eigenvalue weighted by atomic mass is 16.5. The second kappa shape index (κ2) is 9.18. The molecule has 3 aromatic rings. The summed E-state index contributed by atoms with van der Waals surface area (Å²) in [6.07, 6.45) is 1.45. The second-order valence-corrected chi connectivity index (χ2v) is 6.04. The topological polar surface area (TPSA) is 108 Å². The van der Waals surface area contributed by atoms with E-state index in [-0.39, 0.29) is 23.5 Å². The lowest BCUT2D eigenvalue weighted by atomic mass is 10.1. The molecule has 0 unspecified atom stereocenters. The van der Waals surface area contributed by atoms with Crippen LogP contribution < -0.4 is 10.2 Å². The zero-order valence-corrected chi connectivity index (χ0v) is 15.3. The zero-order valence-electron chi connectivity index (χ0n) is 15.3. The van der Waals surface area contributed by atoms with Crippen LogP contribution in [-0.2, 0) is 6.61 Å². The van der Waals surface area contributed by atoms with E-state index in [9.17, 15) is 14.7 Å². The number of para-hydroxylation sites is 2. The lowest BCUT2D eigenvalue weighted by Gasteiger charge is -2.09. The molecule has 0 bridgehead atoms. The molecule has 7 heteroatoms. The van der Waals surface area contributed by atoms with Crippen LogP contribution >= 0.6 is 0 Å². The summed E-state index contributed by atoms with van der Waals surface area (Å²) in [5.74, 6) is -1.09. The first kappa shape index (κ1) is 19.6. The molecule has 7 nitrogen and oxygen atoms in total. The maximum atomic E-state index is 12.1. The average Bonchev–Trinajstić information content (AvgIpc) is 2.73. The number of carboxylic acid groups (broad SMARTS) is 1. The Balaban J connectivity index is 1.64. The predicted octanol–water partition coefficient (Wildman–Crippen LogP) is 3.43. The number of phenols is 1. The minimum absolute atomic E-state index is 0.124. The molecule has 146 valence electrons. The molecule has 0 spiro atoms. The van der Waals surface area contributed by atoms with Crippen LogP contribution in [-0.4, -0.2) is 28.3 Å². The number of carbonyl (C=O) groups is 2. The van der Waals surface area contributed by atoms with Gasteiger partial charge in [-0.2, -0.15) is 5.10 Å². The number of hydrazone groups is 1. The summed E-state index contributed by atoms with van der Waals surface area (Å²) in [6.45, 7) is 0.245. The van der Waals surface area contributed by atoms with E-state index in [4.69, 9.17) is 9.84 Å². The van der Waals surface area contributed by atoms with E-state index in [1.54, 1.807) is 48.5 Å². The summed E-state index contributed by atoms with van der Waals surface area (Å²) in [5, 5.41) is 22.6. The minimum atomic E-state index is -0.982. The number of ether oxygens (including phenoxy) is 1.